The van der Waals surface area contributed by atoms with Crippen molar-refractivity contribution in [3.63, 3.8) is 0 Å². The number of carbonyl (C=O) groups is 2. The zero-order chi connectivity index (χ0) is 23.0. The Labute approximate surface area is 189 Å². The van der Waals surface area contributed by atoms with Crippen LogP contribution < -0.4 is 0 Å². The third-order valence-electron chi connectivity index (χ3n) is 5.74. The lowest BCUT2D eigenvalue weighted by Gasteiger charge is -2.27. The summed E-state index contributed by atoms with van der Waals surface area (Å²) in [5.74, 6) is -3.27. The highest BCUT2D eigenvalue weighted by molar-refractivity contribution is 5.80. The molecule has 2 aromatic rings. The predicted molar refractivity (Wildman–Crippen MR) is 119 cm³/mol. The SMILES string of the molecule is CC(C)(C)C(CCCc1ccccc1)C(=O)OOC(=O)C1(CCCc2ccccc2)OO1. The zero-order valence-corrected chi connectivity index (χ0v) is 19.0. The molecular formula is C26H32O6. The first-order chi connectivity index (χ1) is 15.3. The molecule has 0 bridgehead atoms. The smallest absolute Gasteiger partial charge is 0.247 e. The summed E-state index contributed by atoms with van der Waals surface area (Å²) in [6.45, 7) is 5.92. The summed E-state index contributed by atoms with van der Waals surface area (Å²) in [6.07, 6.45) is 4.08. The Morgan fingerprint density at radius 3 is 1.88 bits per heavy atom. The van der Waals surface area contributed by atoms with Crippen LogP contribution in [0.25, 0.3) is 0 Å². The number of hydrogen-bond donors (Lipinski definition) is 0. The maximum atomic E-state index is 12.7. The molecule has 6 nitrogen and oxygen atoms in total. The van der Waals surface area contributed by atoms with E-state index in [2.05, 4.69) is 12.1 Å². The standard InChI is InChI=1S/C26H32O6/c1-25(2,3)22(18-10-16-20-12-6-4-7-13-20)23(27)29-30-24(28)26(31-32-26)19-11-17-21-14-8-5-9-15-21/h4-9,12-15,22H,10-11,16-19H2,1-3H3. The Hall–Kier alpha value is -2.70. The van der Waals surface area contributed by atoms with E-state index < -0.39 is 23.6 Å². The van der Waals surface area contributed by atoms with Gasteiger partial charge >= 0.3 is 17.7 Å². The molecule has 1 unspecified atom stereocenters. The maximum absolute atomic E-state index is 12.7. The highest BCUT2D eigenvalue weighted by Crippen LogP contribution is 2.37. The summed E-state index contributed by atoms with van der Waals surface area (Å²) in [4.78, 5) is 44.7. The van der Waals surface area contributed by atoms with Gasteiger partial charge < -0.3 is 0 Å². The van der Waals surface area contributed by atoms with E-state index in [1.807, 2.05) is 69.3 Å². The van der Waals surface area contributed by atoms with Gasteiger partial charge in [0.05, 0.1) is 5.92 Å². The molecule has 1 saturated heterocycles. The average Bonchev–Trinajstić information content (AvgIpc) is 3.56. The predicted octanol–water partition coefficient (Wildman–Crippen LogP) is 5.35. The molecule has 0 saturated carbocycles. The fourth-order valence-electron chi connectivity index (χ4n) is 3.73. The van der Waals surface area contributed by atoms with Crippen LogP contribution in [0, 0.1) is 11.3 Å². The molecule has 6 heteroatoms. The van der Waals surface area contributed by atoms with Crippen LogP contribution in [-0.4, -0.2) is 17.7 Å². The molecule has 1 aliphatic heterocycles. The third-order valence-corrected chi connectivity index (χ3v) is 5.74. The van der Waals surface area contributed by atoms with Crippen molar-refractivity contribution in [1.29, 1.82) is 0 Å². The minimum atomic E-state index is -1.47. The molecule has 3 rings (SSSR count). The van der Waals surface area contributed by atoms with Gasteiger partial charge in [-0.05, 0) is 48.6 Å². The molecule has 32 heavy (non-hydrogen) atoms. The van der Waals surface area contributed by atoms with Crippen LogP contribution in [0.5, 0.6) is 0 Å². The van der Waals surface area contributed by atoms with Gasteiger partial charge in [0, 0.05) is 6.42 Å². The molecule has 0 spiro atoms. The van der Waals surface area contributed by atoms with Crippen LogP contribution in [0.4, 0.5) is 0 Å². The molecule has 0 amide bonds. The molecule has 1 aliphatic rings. The molecule has 1 atom stereocenters. The van der Waals surface area contributed by atoms with Gasteiger partial charge in [-0.15, -0.1) is 0 Å². The van der Waals surface area contributed by atoms with Gasteiger partial charge in [-0.3, -0.25) is 0 Å². The molecule has 0 radical (unpaired) electrons. The molecule has 0 aliphatic carbocycles. The van der Waals surface area contributed by atoms with Crippen molar-refractivity contribution < 1.29 is 29.1 Å². The summed E-state index contributed by atoms with van der Waals surface area (Å²) in [6, 6.07) is 20.0. The normalized spacial score (nSPS) is 15.6. The lowest BCUT2D eigenvalue weighted by molar-refractivity contribution is -0.269. The van der Waals surface area contributed by atoms with Gasteiger partial charge in [-0.1, -0.05) is 81.4 Å². The van der Waals surface area contributed by atoms with E-state index in [0.717, 1.165) is 24.8 Å². The van der Waals surface area contributed by atoms with Crippen LogP contribution in [0.2, 0.25) is 0 Å². The number of benzene rings is 2. The minimum Gasteiger partial charge on any atom is -0.247 e. The largest absolute Gasteiger partial charge is 0.420 e. The van der Waals surface area contributed by atoms with Crippen molar-refractivity contribution in [2.45, 2.75) is 65.1 Å². The summed E-state index contributed by atoms with van der Waals surface area (Å²) >= 11 is 0. The van der Waals surface area contributed by atoms with E-state index in [4.69, 9.17) is 19.6 Å². The van der Waals surface area contributed by atoms with E-state index >= 15 is 0 Å². The summed E-state index contributed by atoms with van der Waals surface area (Å²) in [5, 5.41) is 0. The Morgan fingerprint density at radius 1 is 0.844 bits per heavy atom. The quantitative estimate of drug-likeness (QED) is 0.281. The minimum absolute atomic E-state index is 0.318. The topological polar surface area (TPSA) is 77.7 Å². The number of rotatable bonds is 10. The molecular weight excluding hydrogens is 408 g/mol. The van der Waals surface area contributed by atoms with Crippen molar-refractivity contribution in [1.82, 2.24) is 0 Å². The van der Waals surface area contributed by atoms with Crippen molar-refractivity contribution in [3.8, 4) is 0 Å². The van der Waals surface area contributed by atoms with Crippen LogP contribution in [0.15, 0.2) is 60.7 Å². The number of carbonyl (C=O) groups excluding carboxylic acids is 2. The Morgan fingerprint density at radius 2 is 1.38 bits per heavy atom. The van der Waals surface area contributed by atoms with Crippen molar-refractivity contribution in [3.05, 3.63) is 71.8 Å². The van der Waals surface area contributed by atoms with Crippen LogP contribution in [0.3, 0.4) is 0 Å². The van der Waals surface area contributed by atoms with E-state index in [9.17, 15) is 9.59 Å². The van der Waals surface area contributed by atoms with Gasteiger partial charge in [0.2, 0.25) is 0 Å². The molecule has 1 fully saturated rings. The second-order valence-electron chi connectivity index (χ2n) is 9.33. The van der Waals surface area contributed by atoms with Crippen LogP contribution >= 0.6 is 0 Å². The average molecular weight is 441 g/mol. The highest BCUT2D eigenvalue weighted by atomic mass is 17.4. The third kappa shape index (κ3) is 6.90. The lowest BCUT2D eigenvalue weighted by Crippen LogP contribution is -2.33. The van der Waals surface area contributed by atoms with Gasteiger partial charge in [0.15, 0.2) is 0 Å². The number of aryl methyl sites for hydroxylation is 2. The fraction of sp³-hybridized carbons (Fsp3) is 0.462. The molecule has 172 valence electrons. The summed E-state index contributed by atoms with van der Waals surface area (Å²) in [7, 11) is 0. The summed E-state index contributed by atoms with van der Waals surface area (Å²) < 4.78 is 0. The monoisotopic (exact) mass is 440 g/mol. The van der Waals surface area contributed by atoms with E-state index in [1.165, 1.54) is 5.56 Å². The van der Waals surface area contributed by atoms with Crippen molar-refractivity contribution in [2.75, 3.05) is 0 Å². The Bertz CT molecular complexity index is 868. The first-order valence-electron chi connectivity index (χ1n) is 11.2. The molecule has 0 aromatic heterocycles. The van der Waals surface area contributed by atoms with Gasteiger partial charge in [-0.25, -0.2) is 19.4 Å². The molecule has 1 heterocycles. The van der Waals surface area contributed by atoms with E-state index in [0.29, 0.717) is 19.3 Å². The maximum Gasteiger partial charge on any atom is 0.420 e. The highest BCUT2D eigenvalue weighted by Gasteiger charge is 2.59. The van der Waals surface area contributed by atoms with E-state index in [1.54, 1.807) is 0 Å². The first-order valence-corrected chi connectivity index (χ1v) is 11.2. The van der Waals surface area contributed by atoms with Gasteiger partial charge in [0.25, 0.3) is 0 Å². The molecule has 0 N–H and O–H groups in total. The Kier molecular flexibility index (Phi) is 8.04. The number of hydrogen-bond acceptors (Lipinski definition) is 6. The van der Waals surface area contributed by atoms with Gasteiger partial charge in [-0.2, -0.15) is 9.78 Å². The lowest BCUT2D eigenvalue weighted by atomic mass is 9.77. The van der Waals surface area contributed by atoms with E-state index in [-0.39, 0.29) is 5.41 Å². The molecule has 2 aromatic carbocycles. The van der Waals surface area contributed by atoms with Crippen molar-refractivity contribution >= 4 is 11.9 Å². The second-order valence-corrected chi connectivity index (χ2v) is 9.33. The second kappa shape index (κ2) is 10.7. The van der Waals surface area contributed by atoms with Crippen LogP contribution in [0.1, 0.15) is 57.6 Å². The Balaban J connectivity index is 1.45. The van der Waals surface area contributed by atoms with Crippen LogP contribution in [-0.2, 0) is 42.0 Å². The van der Waals surface area contributed by atoms with Gasteiger partial charge in [0.1, 0.15) is 0 Å². The zero-order valence-electron chi connectivity index (χ0n) is 19.0. The van der Waals surface area contributed by atoms with Crippen molar-refractivity contribution in [2.24, 2.45) is 11.3 Å². The summed E-state index contributed by atoms with van der Waals surface area (Å²) in [5.41, 5.74) is 2.05. The fourth-order valence-corrected chi connectivity index (χ4v) is 3.73. The first kappa shape index (κ1) is 24.0.